The minimum Gasteiger partial charge on any atom is -0.322 e. The molecule has 2 aromatic carbocycles. The minimum atomic E-state index is -0.277. The molecule has 1 aromatic heterocycles. The second-order valence-electron chi connectivity index (χ2n) is 7.16. The molecule has 142 valence electrons. The van der Waals surface area contributed by atoms with Gasteiger partial charge in [0.25, 0.3) is 5.91 Å². The Balaban J connectivity index is 1.68. The van der Waals surface area contributed by atoms with Gasteiger partial charge in [-0.3, -0.25) is 4.79 Å². The molecule has 0 fully saturated rings. The van der Waals surface area contributed by atoms with E-state index in [1.54, 1.807) is 29.7 Å². The number of hydrogen-bond acceptors (Lipinski definition) is 3. The predicted octanol–water partition coefficient (Wildman–Crippen LogP) is 6.01. The Kier molecular flexibility index (Phi) is 5.35. The van der Waals surface area contributed by atoms with Crippen LogP contribution in [0.25, 0.3) is 0 Å². The highest BCUT2D eigenvalue weighted by molar-refractivity contribution is 7.16. The van der Waals surface area contributed by atoms with Gasteiger partial charge in [0.2, 0.25) is 0 Å². The third-order valence-electron chi connectivity index (χ3n) is 4.95. The van der Waals surface area contributed by atoms with Crippen molar-refractivity contribution >= 4 is 34.1 Å². The first-order valence-corrected chi connectivity index (χ1v) is 10.2. The van der Waals surface area contributed by atoms with E-state index in [0.717, 1.165) is 41.1 Å². The number of fused-ring (bicyclic) bond motifs is 1. The standard InChI is InChI=1S/C23H21FN2OS/c1-15-7-12-19-20(13-15)28-23(25-14-16-8-10-17(24)11-9-16)21(19)22(27)26-18-5-3-2-4-6-18/h2-6,8-11,14-15H,7,12-13H2,1H3,(H,26,27). The number of anilines is 1. The zero-order valence-electron chi connectivity index (χ0n) is 15.6. The summed E-state index contributed by atoms with van der Waals surface area (Å²) in [5.41, 5.74) is 3.37. The van der Waals surface area contributed by atoms with Crippen LogP contribution >= 0.6 is 11.3 Å². The summed E-state index contributed by atoms with van der Waals surface area (Å²) in [6, 6.07) is 15.6. The Hall–Kier alpha value is -2.79. The number of para-hydroxylation sites is 1. The van der Waals surface area contributed by atoms with Crippen molar-refractivity contribution in [2.45, 2.75) is 26.2 Å². The highest BCUT2D eigenvalue weighted by Gasteiger charge is 2.27. The molecule has 1 unspecified atom stereocenters. The van der Waals surface area contributed by atoms with Gasteiger partial charge >= 0.3 is 0 Å². The molecule has 3 aromatic rings. The van der Waals surface area contributed by atoms with Crippen molar-refractivity contribution in [3.63, 3.8) is 0 Å². The third-order valence-corrected chi connectivity index (χ3v) is 6.12. The summed E-state index contributed by atoms with van der Waals surface area (Å²) >= 11 is 1.59. The second kappa shape index (κ2) is 8.07. The zero-order valence-corrected chi connectivity index (χ0v) is 16.4. The molecule has 28 heavy (non-hydrogen) atoms. The van der Waals surface area contributed by atoms with Gasteiger partial charge in [0.05, 0.1) is 5.56 Å². The maximum absolute atomic E-state index is 13.1. The first kappa shape index (κ1) is 18.6. The molecule has 1 atom stereocenters. The number of thiophene rings is 1. The van der Waals surface area contributed by atoms with Gasteiger partial charge in [0, 0.05) is 16.8 Å². The molecule has 3 nitrogen and oxygen atoms in total. The van der Waals surface area contributed by atoms with Crippen molar-refractivity contribution in [3.05, 3.63) is 82.0 Å². The topological polar surface area (TPSA) is 41.5 Å². The Morgan fingerprint density at radius 2 is 1.93 bits per heavy atom. The van der Waals surface area contributed by atoms with E-state index in [1.165, 1.54) is 17.0 Å². The SMILES string of the molecule is CC1CCc2c(sc(N=Cc3ccc(F)cc3)c2C(=O)Nc2ccccc2)C1. The maximum Gasteiger partial charge on any atom is 0.259 e. The third kappa shape index (κ3) is 4.04. The number of nitrogens with one attached hydrogen (secondary N) is 1. The monoisotopic (exact) mass is 392 g/mol. The van der Waals surface area contributed by atoms with Gasteiger partial charge in [-0.15, -0.1) is 11.3 Å². The van der Waals surface area contributed by atoms with E-state index in [0.29, 0.717) is 11.5 Å². The fourth-order valence-electron chi connectivity index (χ4n) is 3.46. The molecule has 1 aliphatic carbocycles. The van der Waals surface area contributed by atoms with Crippen LogP contribution in [0.3, 0.4) is 0 Å². The van der Waals surface area contributed by atoms with Crippen LogP contribution in [0.5, 0.6) is 0 Å². The van der Waals surface area contributed by atoms with Gasteiger partial charge in [0.1, 0.15) is 10.8 Å². The number of benzene rings is 2. The fraction of sp³-hybridized carbons (Fsp3) is 0.217. The Bertz CT molecular complexity index is 1010. The van der Waals surface area contributed by atoms with Crippen molar-refractivity contribution < 1.29 is 9.18 Å². The van der Waals surface area contributed by atoms with Gasteiger partial charge in [-0.1, -0.05) is 37.3 Å². The largest absolute Gasteiger partial charge is 0.322 e. The van der Waals surface area contributed by atoms with E-state index in [-0.39, 0.29) is 11.7 Å². The van der Waals surface area contributed by atoms with Crippen molar-refractivity contribution in [1.82, 2.24) is 0 Å². The number of halogens is 1. The molecule has 0 radical (unpaired) electrons. The van der Waals surface area contributed by atoms with Gasteiger partial charge in [-0.25, -0.2) is 9.38 Å². The van der Waals surface area contributed by atoms with Crippen molar-refractivity contribution in [2.24, 2.45) is 10.9 Å². The number of hydrogen-bond donors (Lipinski definition) is 1. The number of aliphatic imine (C=N–C) groups is 1. The molecule has 1 amide bonds. The highest BCUT2D eigenvalue weighted by Crippen LogP contribution is 2.41. The average Bonchev–Trinajstić information content (AvgIpc) is 3.06. The van der Waals surface area contributed by atoms with Crippen LogP contribution < -0.4 is 5.32 Å². The van der Waals surface area contributed by atoms with Gasteiger partial charge in [0.15, 0.2) is 0 Å². The van der Waals surface area contributed by atoms with Crippen LogP contribution in [-0.2, 0) is 12.8 Å². The number of amides is 1. The predicted molar refractivity (Wildman–Crippen MR) is 114 cm³/mol. The lowest BCUT2D eigenvalue weighted by Crippen LogP contribution is -2.16. The molecule has 0 spiro atoms. The summed E-state index contributed by atoms with van der Waals surface area (Å²) in [5.74, 6) is 0.218. The van der Waals surface area contributed by atoms with Crippen molar-refractivity contribution in [3.8, 4) is 0 Å². The highest BCUT2D eigenvalue weighted by atomic mass is 32.1. The number of nitrogens with zero attached hydrogens (tertiary/aromatic N) is 1. The van der Waals surface area contributed by atoms with Crippen molar-refractivity contribution in [2.75, 3.05) is 5.32 Å². The normalized spacial score (nSPS) is 16.1. The van der Waals surface area contributed by atoms with Crippen LogP contribution in [0.15, 0.2) is 59.6 Å². The minimum absolute atomic E-state index is 0.121. The summed E-state index contributed by atoms with van der Waals surface area (Å²) < 4.78 is 13.1. The quantitative estimate of drug-likeness (QED) is 0.542. The Labute approximate surface area is 168 Å². The smallest absolute Gasteiger partial charge is 0.259 e. The molecule has 5 heteroatoms. The molecule has 4 rings (SSSR count). The van der Waals surface area contributed by atoms with Crippen LogP contribution in [0.4, 0.5) is 15.1 Å². The van der Waals surface area contributed by atoms with E-state index in [1.807, 2.05) is 30.3 Å². The van der Waals surface area contributed by atoms with E-state index < -0.39 is 0 Å². The molecule has 1 heterocycles. The first-order valence-electron chi connectivity index (χ1n) is 9.40. The zero-order chi connectivity index (χ0) is 19.5. The Morgan fingerprint density at radius 3 is 2.68 bits per heavy atom. The number of carbonyl (C=O) groups excluding carboxylic acids is 1. The molecular weight excluding hydrogens is 371 g/mol. The number of rotatable bonds is 4. The summed E-state index contributed by atoms with van der Waals surface area (Å²) in [6.45, 7) is 2.24. The second-order valence-corrected chi connectivity index (χ2v) is 8.25. The summed E-state index contributed by atoms with van der Waals surface area (Å²) in [4.78, 5) is 18.9. The van der Waals surface area contributed by atoms with E-state index >= 15 is 0 Å². The molecule has 0 aliphatic heterocycles. The van der Waals surface area contributed by atoms with Crippen LogP contribution in [0, 0.1) is 11.7 Å². The van der Waals surface area contributed by atoms with E-state index in [2.05, 4.69) is 17.2 Å². The fourth-order valence-corrected chi connectivity index (χ4v) is 4.81. The first-order chi connectivity index (χ1) is 13.6. The molecule has 0 saturated heterocycles. The lowest BCUT2D eigenvalue weighted by molar-refractivity contribution is 0.102. The molecular formula is C23H21FN2OS. The number of carbonyl (C=O) groups is 1. The lowest BCUT2D eigenvalue weighted by Gasteiger charge is -2.18. The maximum atomic E-state index is 13.1. The molecule has 0 saturated carbocycles. The summed E-state index contributed by atoms with van der Waals surface area (Å²) in [6.07, 6.45) is 4.66. The van der Waals surface area contributed by atoms with Crippen molar-refractivity contribution in [1.29, 1.82) is 0 Å². The average molecular weight is 392 g/mol. The van der Waals surface area contributed by atoms with E-state index in [9.17, 15) is 9.18 Å². The molecule has 1 aliphatic rings. The summed E-state index contributed by atoms with van der Waals surface area (Å²) in [5, 5.41) is 3.72. The van der Waals surface area contributed by atoms with Gasteiger partial charge in [-0.2, -0.15) is 0 Å². The van der Waals surface area contributed by atoms with Crippen LogP contribution in [-0.4, -0.2) is 12.1 Å². The van der Waals surface area contributed by atoms with Crippen LogP contribution in [0.1, 0.15) is 39.7 Å². The van der Waals surface area contributed by atoms with Crippen LogP contribution in [0.2, 0.25) is 0 Å². The molecule has 0 bridgehead atoms. The van der Waals surface area contributed by atoms with Gasteiger partial charge in [-0.05, 0) is 60.6 Å². The van der Waals surface area contributed by atoms with E-state index in [4.69, 9.17) is 0 Å². The lowest BCUT2D eigenvalue weighted by atomic mass is 9.88. The summed E-state index contributed by atoms with van der Waals surface area (Å²) in [7, 11) is 0. The molecule has 1 N–H and O–H groups in total. The van der Waals surface area contributed by atoms with Gasteiger partial charge < -0.3 is 5.32 Å². The Morgan fingerprint density at radius 1 is 1.18 bits per heavy atom.